The fraction of sp³-hybridized carbons (Fsp3) is 0.333. The number of carbonyl (C=O) groups is 2. The Kier molecular flexibility index (Phi) is 7.04. The number of carbonyl (C=O) groups excluding carboxylic acids is 2. The second-order valence-corrected chi connectivity index (χ2v) is 10.1. The van der Waals surface area contributed by atoms with Gasteiger partial charge in [-0.2, -0.15) is 0 Å². The van der Waals surface area contributed by atoms with Crippen LogP contribution in [-0.4, -0.2) is 60.7 Å². The normalized spacial score (nSPS) is 17.5. The lowest BCUT2D eigenvalue weighted by atomic mass is 9.93. The average Bonchev–Trinajstić information content (AvgIpc) is 3.43. The largest absolute Gasteiger partial charge is 0.494 e. The van der Waals surface area contributed by atoms with E-state index < -0.39 is 12.0 Å². The van der Waals surface area contributed by atoms with Crippen LogP contribution in [-0.2, 0) is 0 Å². The van der Waals surface area contributed by atoms with E-state index in [4.69, 9.17) is 16.3 Å². The van der Waals surface area contributed by atoms with Gasteiger partial charge < -0.3 is 15.2 Å². The lowest BCUT2D eigenvalue weighted by Gasteiger charge is -2.26. The summed E-state index contributed by atoms with van der Waals surface area (Å²) in [4.78, 5) is 39.0. The third-order valence-corrected chi connectivity index (χ3v) is 7.15. The molecule has 5 rings (SSSR count). The van der Waals surface area contributed by atoms with Gasteiger partial charge in [0.05, 0.1) is 31.2 Å². The highest BCUT2D eigenvalue weighted by molar-refractivity contribution is 7.20. The van der Waals surface area contributed by atoms with Crippen LogP contribution in [0.1, 0.15) is 52.2 Å². The number of aryl methyl sites for hydroxylation is 1. The first-order chi connectivity index (χ1) is 17.8. The molecule has 0 aromatic carbocycles. The Balaban J connectivity index is 1.35. The summed E-state index contributed by atoms with van der Waals surface area (Å²) in [6, 6.07) is 3.32. The van der Waals surface area contributed by atoms with E-state index in [0.29, 0.717) is 44.6 Å². The highest BCUT2D eigenvalue weighted by Crippen LogP contribution is 2.34. The Hall–Kier alpha value is -3.61. The van der Waals surface area contributed by atoms with Gasteiger partial charge in [-0.25, -0.2) is 14.5 Å². The van der Waals surface area contributed by atoms with E-state index >= 15 is 0 Å². The van der Waals surface area contributed by atoms with Gasteiger partial charge in [0.25, 0.3) is 11.8 Å². The number of anilines is 1. The third kappa shape index (κ3) is 5.41. The lowest BCUT2D eigenvalue weighted by molar-refractivity contribution is 0.0845. The number of nitrogens with zero attached hydrogens (tertiary/aromatic N) is 5. The number of ether oxygens (including phenoxy) is 1. The van der Waals surface area contributed by atoms with Crippen molar-refractivity contribution in [2.75, 3.05) is 12.4 Å². The van der Waals surface area contributed by atoms with Gasteiger partial charge in [-0.05, 0) is 44.7 Å². The molecular weight excluding hydrogens is 518 g/mol. The number of rotatable bonds is 6. The minimum Gasteiger partial charge on any atom is -0.494 e. The Labute approximate surface area is 220 Å². The zero-order valence-corrected chi connectivity index (χ0v) is 21.6. The molecule has 192 valence electrons. The number of methoxy groups -OCH3 is 1. The van der Waals surface area contributed by atoms with E-state index in [1.807, 2.05) is 6.92 Å². The summed E-state index contributed by atoms with van der Waals surface area (Å²) in [5, 5.41) is 20.5. The van der Waals surface area contributed by atoms with Crippen LogP contribution in [0.2, 0.25) is 5.15 Å². The average molecular weight is 542 g/mol. The zero-order chi connectivity index (χ0) is 26.1. The molecule has 0 aliphatic heterocycles. The first-order valence-corrected chi connectivity index (χ1v) is 12.8. The maximum atomic E-state index is 13.2. The number of halogens is 1. The van der Waals surface area contributed by atoms with Crippen LogP contribution in [0.4, 0.5) is 5.13 Å². The second-order valence-electron chi connectivity index (χ2n) is 8.78. The first-order valence-electron chi connectivity index (χ1n) is 11.6. The maximum Gasteiger partial charge on any atom is 0.271 e. The van der Waals surface area contributed by atoms with Crippen molar-refractivity contribution in [3.8, 4) is 16.9 Å². The summed E-state index contributed by atoms with van der Waals surface area (Å²) in [6.07, 6.45) is 7.09. The number of hydrogen-bond donors (Lipinski definition) is 3. The zero-order valence-electron chi connectivity index (χ0n) is 20.1. The van der Waals surface area contributed by atoms with Gasteiger partial charge in [0.2, 0.25) is 10.1 Å². The van der Waals surface area contributed by atoms with Crippen LogP contribution in [0.25, 0.3) is 16.1 Å². The molecule has 11 nitrogen and oxygen atoms in total. The SMILES string of the molecule is COc1cnc(Cl)cc1-c1cc(C)ncc1C(=O)Nc1nn2cc(C(=O)N[C@H]3CCC[C@H](O)C3)nc2s1. The standard InChI is InChI=1S/C24H24ClN7O4S/c1-12-6-15(16-8-20(25)27-10-19(16)36-2)17(9-26-12)21(34)30-23-31-32-11-18(29-24(32)37-23)22(35)28-13-4-3-5-14(33)7-13/h6,8-11,13-14,33H,3-5,7H2,1-2H3,(H,28,35)(H,30,31,34)/t13-,14-/m0/s1. The Morgan fingerprint density at radius 1 is 1.19 bits per heavy atom. The summed E-state index contributed by atoms with van der Waals surface area (Å²) in [5.74, 6) is -0.281. The third-order valence-electron chi connectivity index (χ3n) is 6.11. The number of pyridine rings is 2. The Morgan fingerprint density at radius 3 is 2.78 bits per heavy atom. The van der Waals surface area contributed by atoms with Gasteiger partial charge in [0, 0.05) is 29.1 Å². The van der Waals surface area contributed by atoms with Crippen molar-refractivity contribution < 1.29 is 19.4 Å². The van der Waals surface area contributed by atoms with Crippen LogP contribution in [0.15, 0.2) is 30.7 Å². The van der Waals surface area contributed by atoms with Gasteiger partial charge in [-0.1, -0.05) is 22.9 Å². The Bertz CT molecular complexity index is 1460. The molecule has 2 atom stereocenters. The summed E-state index contributed by atoms with van der Waals surface area (Å²) in [7, 11) is 1.51. The summed E-state index contributed by atoms with van der Waals surface area (Å²) in [5.41, 5.74) is 2.42. The predicted molar refractivity (Wildman–Crippen MR) is 138 cm³/mol. The molecule has 13 heteroatoms. The van der Waals surface area contributed by atoms with Gasteiger partial charge in [-0.15, -0.1) is 5.10 Å². The van der Waals surface area contributed by atoms with Crippen molar-refractivity contribution in [3.05, 3.63) is 52.8 Å². The molecule has 1 aliphatic carbocycles. The Morgan fingerprint density at radius 2 is 2.03 bits per heavy atom. The first kappa shape index (κ1) is 25.1. The molecule has 4 aromatic rings. The molecule has 0 bridgehead atoms. The van der Waals surface area contributed by atoms with Gasteiger partial charge in [0.15, 0.2) is 0 Å². The van der Waals surface area contributed by atoms with Crippen molar-refractivity contribution in [1.29, 1.82) is 0 Å². The topological polar surface area (TPSA) is 144 Å². The second kappa shape index (κ2) is 10.4. The number of aliphatic hydroxyl groups excluding tert-OH is 1. The molecule has 1 aliphatic rings. The van der Waals surface area contributed by atoms with Gasteiger partial charge >= 0.3 is 0 Å². The quantitative estimate of drug-likeness (QED) is 0.315. The smallest absolute Gasteiger partial charge is 0.271 e. The van der Waals surface area contributed by atoms with Crippen LogP contribution in [0.5, 0.6) is 5.75 Å². The van der Waals surface area contributed by atoms with E-state index in [-0.39, 0.29) is 22.8 Å². The summed E-state index contributed by atoms with van der Waals surface area (Å²) < 4.78 is 6.87. The van der Waals surface area contributed by atoms with Gasteiger partial charge in [0.1, 0.15) is 16.6 Å². The lowest BCUT2D eigenvalue weighted by Crippen LogP contribution is -2.39. The molecular formula is C24H24ClN7O4S. The van der Waals surface area contributed by atoms with Crippen LogP contribution >= 0.6 is 22.9 Å². The van der Waals surface area contributed by atoms with E-state index in [9.17, 15) is 14.7 Å². The number of hydrogen-bond acceptors (Lipinski definition) is 9. The fourth-order valence-electron chi connectivity index (χ4n) is 4.33. The van der Waals surface area contributed by atoms with Crippen molar-refractivity contribution in [2.24, 2.45) is 0 Å². The minimum atomic E-state index is -0.427. The van der Waals surface area contributed by atoms with Gasteiger partial charge in [-0.3, -0.25) is 19.9 Å². The number of amides is 2. The summed E-state index contributed by atoms with van der Waals surface area (Å²) in [6.45, 7) is 1.82. The van der Waals surface area contributed by atoms with Crippen LogP contribution in [0, 0.1) is 6.92 Å². The molecule has 4 aromatic heterocycles. The highest BCUT2D eigenvalue weighted by Gasteiger charge is 2.24. The van der Waals surface area contributed by atoms with Crippen molar-refractivity contribution in [3.63, 3.8) is 0 Å². The van der Waals surface area contributed by atoms with Crippen molar-refractivity contribution in [1.82, 2.24) is 29.9 Å². The van der Waals surface area contributed by atoms with Crippen molar-refractivity contribution >= 4 is 44.8 Å². The molecule has 0 radical (unpaired) electrons. The molecule has 2 amide bonds. The number of aliphatic hydroxyl groups is 1. The number of imidazole rings is 1. The number of fused-ring (bicyclic) bond motifs is 1. The number of nitrogens with one attached hydrogen (secondary N) is 2. The monoisotopic (exact) mass is 541 g/mol. The van der Waals surface area contributed by atoms with Crippen molar-refractivity contribution in [2.45, 2.75) is 44.8 Å². The van der Waals surface area contributed by atoms with E-state index in [1.54, 1.807) is 12.1 Å². The molecule has 1 fully saturated rings. The highest BCUT2D eigenvalue weighted by atomic mass is 35.5. The maximum absolute atomic E-state index is 13.2. The molecule has 3 N–H and O–H groups in total. The number of aromatic nitrogens is 5. The molecule has 0 saturated heterocycles. The predicted octanol–water partition coefficient (Wildman–Crippen LogP) is 3.50. The molecule has 0 unspecified atom stereocenters. The van der Waals surface area contributed by atoms with E-state index in [0.717, 1.165) is 30.6 Å². The minimum absolute atomic E-state index is 0.0787. The van der Waals surface area contributed by atoms with Crippen LogP contribution in [0.3, 0.4) is 0 Å². The van der Waals surface area contributed by atoms with Crippen LogP contribution < -0.4 is 15.4 Å². The summed E-state index contributed by atoms with van der Waals surface area (Å²) >= 11 is 7.25. The van der Waals surface area contributed by atoms with E-state index in [2.05, 4.69) is 30.7 Å². The molecule has 37 heavy (non-hydrogen) atoms. The molecule has 1 saturated carbocycles. The van der Waals surface area contributed by atoms with E-state index in [1.165, 1.54) is 30.2 Å². The fourth-order valence-corrected chi connectivity index (χ4v) is 5.27. The molecule has 0 spiro atoms. The molecule has 4 heterocycles.